The van der Waals surface area contributed by atoms with Crippen molar-refractivity contribution in [1.29, 1.82) is 0 Å². The largest absolute Gasteiger partial charge is 0.349 e. The zero-order valence-electron chi connectivity index (χ0n) is 30.5. The lowest BCUT2D eigenvalue weighted by atomic mass is 10.0. The molecule has 2 atom stereocenters. The molecule has 4 aromatic heterocycles. The Labute approximate surface area is 304 Å². The summed E-state index contributed by atoms with van der Waals surface area (Å²) in [5.41, 5.74) is 1.55. The van der Waals surface area contributed by atoms with Crippen molar-refractivity contribution in [1.82, 2.24) is 39.5 Å². The Morgan fingerprint density at radius 1 is 0.745 bits per heavy atom. The van der Waals surface area contributed by atoms with Gasteiger partial charge < -0.3 is 24.6 Å². The molecule has 6 heterocycles. The quantitative estimate of drug-likeness (QED) is 0.251. The van der Waals surface area contributed by atoms with Gasteiger partial charge in [0.05, 0.1) is 12.4 Å². The average Bonchev–Trinajstić information content (AvgIpc) is 3.98. The number of amides is 2. The zero-order chi connectivity index (χ0) is 36.2. The van der Waals surface area contributed by atoms with Crippen LogP contribution in [0, 0.1) is 13.8 Å². The summed E-state index contributed by atoms with van der Waals surface area (Å²) in [5, 5.41) is 0.240. The van der Waals surface area contributed by atoms with Gasteiger partial charge in [-0.2, -0.15) is 9.97 Å². The summed E-state index contributed by atoms with van der Waals surface area (Å²) >= 11 is 5.97. The van der Waals surface area contributed by atoms with Crippen molar-refractivity contribution in [3.05, 3.63) is 54.1 Å². The minimum absolute atomic E-state index is 0.123. The number of fused-ring (bicyclic) bond motifs is 2. The Morgan fingerprint density at radius 3 is 1.71 bits per heavy atom. The number of nitrogens with zero attached hydrogens (tertiary/aromatic N) is 11. The lowest BCUT2D eigenvalue weighted by molar-refractivity contribution is -0.120. The molecule has 0 radical (unpaired) electrons. The number of likely N-dealkylation sites (N-methyl/N-ethyl adjacent to an activating group) is 2. The number of hydrogen-bond donors (Lipinski definition) is 1. The van der Waals surface area contributed by atoms with Gasteiger partial charge in [0.15, 0.2) is 11.6 Å². The average molecular weight is 717 g/mol. The van der Waals surface area contributed by atoms with Crippen LogP contribution in [-0.4, -0.2) is 89.5 Å². The summed E-state index contributed by atoms with van der Waals surface area (Å²) < 4.78 is 1.88. The van der Waals surface area contributed by atoms with Crippen LogP contribution in [0.15, 0.2) is 37.2 Å². The second-order valence-corrected chi connectivity index (χ2v) is 13.9. The number of aromatic nitrogens is 8. The van der Waals surface area contributed by atoms with E-state index in [1.54, 1.807) is 47.8 Å². The van der Waals surface area contributed by atoms with Crippen LogP contribution in [0.1, 0.15) is 89.7 Å². The van der Waals surface area contributed by atoms with Gasteiger partial charge >= 0.3 is 0 Å². The van der Waals surface area contributed by atoms with Crippen molar-refractivity contribution >= 4 is 46.4 Å². The Bertz CT molecular complexity index is 1800. The first kappa shape index (κ1) is 36.2. The highest BCUT2D eigenvalue weighted by Crippen LogP contribution is 2.41. The van der Waals surface area contributed by atoms with Crippen molar-refractivity contribution in [2.24, 2.45) is 0 Å². The fraction of sp³-hybridized carbons (Fsp3) is 0.556. The highest BCUT2D eigenvalue weighted by atomic mass is 35.5. The van der Waals surface area contributed by atoms with Gasteiger partial charge in [-0.25, -0.2) is 19.9 Å². The summed E-state index contributed by atoms with van der Waals surface area (Å²) in [6.45, 7) is 7.97. The van der Waals surface area contributed by atoms with E-state index in [4.69, 9.17) is 16.6 Å². The molecule has 0 unspecified atom stereocenters. The second kappa shape index (κ2) is 15.7. The van der Waals surface area contributed by atoms with E-state index in [1.807, 2.05) is 38.6 Å². The van der Waals surface area contributed by atoms with Crippen molar-refractivity contribution < 1.29 is 9.59 Å². The monoisotopic (exact) mass is 716 g/mol. The van der Waals surface area contributed by atoms with Gasteiger partial charge in [0.25, 0.3) is 0 Å². The van der Waals surface area contributed by atoms with E-state index in [1.165, 1.54) is 25.7 Å². The van der Waals surface area contributed by atoms with Crippen LogP contribution in [0.3, 0.4) is 0 Å². The number of aromatic amines is 1. The normalized spacial score (nSPS) is 20.5. The van der Waals surface area contributed by atoms with E-state index in [2.05, 4.69) is 46.6 Å². The molecule has 2 saturated carbocycles. The summed E-state index contributed by atoms with van der Waals surface area (Å²) in [4.78, 5) is 62.1. The summed E-state index contributed by atoms with van der Waals surface area (Å²) in [6.07, 6.45) is 21.5. The van der Waals surface area contributed by atoms with Crippen LogP contribution in [-0.2, 0) is 9.59 Å². The molecule has 0 saturated heterocycles. The van der Waals surface area contributed by atoms with Crippen LogP contribution in [0.25, 0.3) is 5.95 Å². The molecular weight excluding hydrogens is 668 g/mol. The van der Waals surface area contributed by atoms with E-state index in [9.17, 15) is 9.59 Å². The topological polar surface area (TPSA) is 145 Å². The molecule has 15 heteroatoms. The predicted octanol–water partition coefficient (Wildman–Crippen LogP) is 5.83. The lowest BCUT2D eigenvalue weighted by Crippen LogP contribution is -2.55. The Hall–Kier alpha value is -4.59. The minimum Gasteiger partial charge on any atom is -0.349 e. The molecule has 51 heavy (non-hydrogen) atoms. The minimum atomic E-state index is -0.146. The smallest absolute Gasteiger partial charge is 0.249 e. The number of halogens is 1. The van der Waals surface area contributed by atoms with Crippen molar-refractivity contribution in [3.63, 3.8) is 0 Å². The highest BCUT2D eigenvalue weighted by Gasteiger charge is 2.42. The van der Waals surface area contributed by atoms with Crippen LogP contribution < -0.4 is 19.6 Å². The number of hydrogen-bond acceptors (Lipinski definition) is 10. The Morgan fingerprint density at radius 2 is 1.27 bits per heavy atom. The van der Waals surface area contributed by atoms with Gasteiger partial charge in [-0.1, -0.05) is 39.5 Å². The van der Waals surface area contributed by atoms with Gasteiger partial charge in [0, 0.05) is 51.0 Å². The zero-order valence-corrected chi connectivity index (χ0v) is 31.2. The maximum absolute atomic E-state index is 12.9. The van der Waals surface area contributed by atoms with E-state index < -0.39 is 0 Å². The number of nitrogens with one attached hydrogen (secondary N) is 1. The maximum Gasteiger partial charge on any atom is 0.249 e. The summed E-state index contributed by atoms with van der Waals surface area (Å²) in [6, 6.07) is 0.490. The van der Waals surface area contributed by atoms with Crippen molar-refractivity contribution in [3.8, 4) is 5.95 Å². The van der Waals surface area contributed by atoms with Crippen molar-refractivity contribution in [2.45, 2.75) is 116 Å². The fourth-order valence-corrected chi connectivity index (χ4v) is 7.91. The second-order valence-electron chi connectivity index (χ2n) is 13.6. The SMILES string of the molecule is CC[C@@H]1C(=O)N(C)c2cnc(-n3ccnc3C)nc2N1C1CCCC1.CC[C@@H]1C(=O)N(C)c2cnc(Cl)nc2N1C1CCCC1.Cc1ncc[nH]1. The van der Waals surface area contributed by atoms with Crippen LogP contribution in [0.2, 0.25) is 5.28 Å². The number of aryl methyl sites for hydroxylation is 2. The van der Waals surface area contributed by atoms with Crippen molar-refractivity contribution in [2.75, 3.05) is 33.7 Å². The molecule has 2 amide bonds. The molecule has 1 N–H and O–H groups in total. The molecule has 2 aliphatic carbocycles. The summed E-state index contributed by atoms with van der Waals surface area (Å²) in [5.74, 6) is 4.36. The van der Waals surface area contributed by atoms with Crippen LogP contribution >= 0.6 is 11.6 Å². The first-order valence-corrected chi connectivity index (χ1v) is 18.5. The summed E-state index contributed by atoms with van der Waals surface area (Å²) in [7, 11) is 3.61. The molecule has 2 aliphatic heterocycles. The van der Waals surface area contributed by atoms with E-state index in [0.717, 1.165) is 73.2 Å². The number of rotatable bonds is 5. The lowest BCUT2D eigenvalue weighted by Gasteiger charge is -2.43. The Balaban J connectivity index is 0.000000154. The molecule has 4 aliphatic rings. The molecule has 14 nitrogen and oxygen atoms in total. The van der Waals surface area contributed by atoms with E-state index in [-0.39, 0.29) is 29.2 Å². The molecule has 4 aromatic rings. The standard InChI is InChI=1S/C18H24N6O.C14H19ClN4O.C4H6N2/c1-4-14-17(25)22(3)15-11-20-18(23-10-9-19-12(23)2)21-16(15)24(14)13-7-5-6-8-13;1-3-10-13(20)18(2)11-8-16-14(15)17-12(11)19(10)9-6-4-5-7-9;1-4-5-2-3-6-4/h9-11,13-14H,4-8H2,1-3H3;8-10H,3-7H2,1-2H3;2-3H,1H3,(H,5,6)/t14-;10-;/m11./s1. The third kappa shape index (κ3) is 7.28. The molecule has 0 spiro atoms. The molecular formula is C36H49ClN12O2. The molecule has 8 rings (SSSR count). The van der Waals surface area contributed by atoms with Crippen LogP contribution in [0.5, 0.6) is 0 Å². The number of carbonyl (C=O) groups excluding carboxylic acids is 2. The van der Waals surface area contributed by atoms with Crippen LogP contribution in [0.4, 0.5) is 23.0 Å². The number of imidazole rings is 2. The first-order valence-electron chi connectivity index (χ1n) is 18.1. The first-order chi connectivity index (χ1) is 24.6. The molecule has 272 valence electrons. The third-order valence-corrected chi connectivity index (χ3v) is 10.6. The van der Waals surface area contributed by atoms with E-state index >= 15 is 0 Å². The maximum atomic E-state index is 12.9. The van der Waals surface area contributed by atoms with E-state index in [0.29, 0.717) is 18.0 Å². The Kier molecular flexibility index (Phi) is 11.2. The van der Waals surface area contributed by atoms with Gasteiger partial charge in [0.1, 0.15) is 35.1 Å². The van der Waals surface area contributed by atoms with Gasteiger partial charge in [-0.3, -0.25) is 14.2 Å². The predicted molar refractivity (Wildman–Crippen MR) is 199 cm³/mol. The third-order valence-electron chi connectivity index (χ3n) is 10.5. The number of H-pyrrole nitrogens is 1. The number of carbonyl (C=O) groups is 2. The fourth-order valence-electron chi connectivity index (χ4n) is 7.79. The highest BCUT2D eigenvalue weighted by molar-refractivity contribution is 6.28. The number of anilines is 4. The van der Waals surface area contributed by atoms with Gasteiger partial charge in [-0.15, -0.1) is 0 Å². The molecule has 2 fully saturated rings. The van der Waals surface area contributed by atoms with Gasteiger partial charge in [0.2, 0.25) is 23.0 Å². The van der Waals surface area contributed by atoms with Gasteiger partial charge in [-0.05, 0) is 64.0 Å². The molecule has 0 bridgehead atoms. The molecule has 0 aromatic carbocycles.